The second kappa shape index (κ2) is 8.29. The molecule has 100 valence electrons. The number of esters is 1. The molecule has 1 N–H and O–H groups in total. The van der Waals surface area contributed by atoms with E-state index in [1.807, 2.05) is 13.8 Å². The van der Waals surface area contributed by atoms with E-state index in [1.165, 1.54) is 6.08 Å². The Hall–Kier alpha value is -0.830. The SMILES string of the molecule is CCC(CC)(CCO)CCOC(=O)C=C(C)C. The van der Waals surface area contributed by atoms with Crippen molar-refractivity contribution in [3.8, 4) is 0 Å². The molecule has 0 saturated heterocycles. The van der Waals surface area contributed by atoms with E-state index in [2.05, 4.69) is 13.8 Å². The maximum absolute atomic E-state index is 11.3. The first-order chi connectivity index (χ1) is 7.99. The summed E-state index contributed by atoms with van der Waals surface area (Å²) in [5.41, 5.74) is 1.06. The van der Waals surface area contributed by atoms with Gasteiger partial charge in [-0.15, -0.1) is 0 Å². The molecule has 0 heterocycles. The van der Waals surface area contributed by atoms with E-state index in [0.717, 1.165) is 31.3 Å². The Morgan fingerprint density at radius 1 is 1.24 bits per heavy atom. The van der Waals surface area contributed by atoms with E-state index < -0.39 is 0 Å². The molecule has 3 nitrogen and oxygen atoms in total. The zero-order valence-corrected chi connectivity index (χ0v) is 11.6. The van der Waals surface area contributed by atoms with Crippen molar-refractivity contribution >= 4 is 5.97 Å². The lowest BCUT2D eigenvalue weighted by Gasteiger charge is -2.30. The highest BCUT2D eigenvalue weighted by atomic mass is 16.5. The third kappa shape index (κ3) is 6.47. The zero-order chi connectivity index (χ0) is 13.3. The summed E-state index contributed by atoms with van der Waals surface area (Å²) in [6.07, 6.45) is 5.11. The van der Waals surface area contributed by atoms with Crippen molar-refractivity contribution in [2.24, 2.45) is 5.41 Å². The van der Waals surface area contributed by atoms with Crippen molar-refractivity contribution in [3.05, 3.63) is 11.6 Å². The van der Waals surface area contributed by atoms with Gasteiger partial charge in [0.05, 0.1) is 6.61 Å². The van der Waals surface area contributed by atoms with Gasteiger partial charge in [0.2, 0.25) is 0 Å². The molecule has 3 heteroatoms. The average Bonchev–Trinajstić information content (AvgIpc) is 2.27. The van der Waals surface area contributed by atoms with Crippen LogP contribution in [0.5, 0.6) is 0 Å². The van der Waals surface area contributed by atoms with Crippen LogP contribution in [0.1, 0.15) is 53.4 Å². The maximum Gasteiger partial charge on any atom is 0.330 e. The third-order valence-electron chi connectivity index (χ3n) is 3.43. The minimum atomic E-state index is -0.268. The van der Waals surface area contributed by atoms with Gasteiger partial charge < -0.3 is 9.84 Å². The molecule has 17 heavy (non-hydrogen) atoms. The Balaban J connectivity index is 4.15. The van der Waals surface area contributed by atoms with Crippen molar-refractivity contribution in [1.29, 1.82) is 0 Å². The average molecular weight is 242 g/mol. The molecule has 0 bridgehead atoms. The van der Waals surface area contributed by atoms with Crippen molar-refractivity contribution < 1.29 is 14.6 Å². The van der Waals surface area contributed by atoms with Gasteiger partial charge in [-0.05, 0) is 32.1 Å². The smallest absolute Gasteiger partial charge is 0.330 e. The van der Waals surface area contributed by atoms with E-state index in [-0.39, 0.29) is 18.0 Å². The summed E-state index contributed by atoms with van der Waals surface area (Å²) in [6.45, 7) is 8.62. The van der Waals surface area contributed by atoms with Crippen molar-refractivity contribution in [2.45, 2.75) is 53.4 Å². The van der Waals surface area contributed by atoms with Gasteiger partial charge in [-0.1, -0.05) is 32.3 Å². The van der Waals surface area contributed by atoms with E-state index in [1.54, 1.807) is 0 Å². The first kappa shape index (κ1) is 16.2. The van der Waals surface area contributed by atoms with E-state index in [0.29, 0.717) is 6.61 Å². The normalized spacial score (nSPS) is 11.1. The fraction of sp³-hybridized carbons (Fsp3) is 0.786. The van der Waals surface area contributed by atoms with Crippen LogP contribution in [-0.4, -0.2) is 24.3 Å². The summed E-state index contributed by atoms with van der Waals surface area (Å²) >= 11 is 0. The summed E-state index contributed by atoms with van der Waals surface area (Å²) < 4.78 is 5.16. The van der Waals surface area contributed by atoms with Gasteiger partial charge in [-0.3, -0.25) is 0 Å². The van der Waals surface area contributed by atoms with Gasteiger partial charge in [0.15, 0.2) is 0 Å². The van der Waals surface area contributed by atoms with Crippen LogP contribution in [0.2, 0.25) is 0 Å². The topological polar surface area (TPSA) is 46.5 Å². The number of aliphatic hydroxyl groups excluding tert-OH is 1. The van der Waals surface area contributed by atoms with Gasteiger partial charge in [0, 0.05) is 12.7 Å². The van der Waals surface area contributed by atoms with Crippen molar-refractivity contribution in [2.75, 3.05) is 13.2 Å². The van der Waals surface area contributed by atoms with Crippen LogP contribution in [0.4, 0.5) is 0 Å². The minimum absolute atomic E-state index is 0.111. The minimum Gasteiger partial charge on any atom is -0.463 e. The lowest BCUT2D eigenvalue weighted by Crippen LogP contribution is -2.23. The number of aliphatic hydroxyl groups is 1. The largest absolute Gasteiger partial charge is 0.463 e. The number of allylic oxidation sites excluding steroid dienone is 1. The monoisotopic (exact) mass is 242 g/mol. The molecule has 0 spiro atoms. The molecule has 0 aromatic rings. The Kier molecular flexibility index (Phi) is 7.88. The summed E-state index contributed by atoms with van der Waals surface area (Å²) in [7, 11) is 0. The molecule has 0 atom stereocenters. The summed E-state index contributed by atoms with van der Waals surface area (Å²) in [5, 5.41) is 9.07. The van der Waals surface area contributed by atoms with Crippen molar-refractivity contribution in [1.82, 2.24) is 0 Å². The molecule has 0 aromatic carbocycles. The molecule has 0 saturated carbocycles. The van der Waals surface area contributed by atoms with Crippen LogP contribution in [0, 0.1) is 5.41 Å². The number of carbonyl (C=O) groups excluding carboxylic acids is 1. The Labute approximate surface area is 105 Å². The number of hydrogen-bond acceptors (Lipinski definition) is 3. The predicted octanol–water partition coefficient (Wildman–Crippen LogP) is 3.07. The van der Waals surface area contributed by atoms with E-state index in [9.17, 15) is 4.79 Å². The molecule has 0 aliphatic carbocycles. The second-order valence-corrected chi connectivity index (χ2v) is 4.82. The summed E-state index contributed by atoms with van der Waals surface area (Å²) in [5.74, 6) is -0.268. The second-order valence-electron chi connectivity index (χ2n) is 4.82. The molecule has 0 aliphatic rings. The lowest BCUT2D eigenvalue weighted by atomic mass is 9.77. The van der Waals surface area contributed by atoms with Crippen LogP contribution in [0.25, 0.3) is 0 Å². The first-order valence-corrected chi connectivity index (χ1v) is 6.42. The highest BCUT2D eigenvalue weighted by molar-refractivity contribution is 5.82. The lowest BCUT2D eigenvalue weighted by molar-refractivity contribution is -0.138. The van der Waals surface area contributed by atoms with Gasteiger partial charge in [0.1, 0.15) is 0 Å². The molecule has 0 aromatic heterocycles. The zero-order valence-electron chi connectivity index (χ0n) is 11.6. The first-order valence-electron chi connectivity index (χ1n) is 6.42. The van der Waals surface area contributed by atoms with Crippen LogP contribution in [0.15, 0.2) is 11.6 Å². The molecular formula is C14H26O3. The molecule has 0 amide bonds. The third-order valence-corrected chi connectivity index (χ3v) is 3.43. The van der Waals surface area contributed by atoms with Crippen LogP contribution in [0.3, 0.4) is 0 Å². The van der Waals surface area contributed by atoms with Gasteiger partial charge >= 0.3 is 5.97 Å². The quantitative estimate of drug-likeness (QED) is 0.525. The summed E-state index contributed by atoms with van der Waals surface area (Å²) in [4.78, 5) is 11.3. The Morgan fingerprint density at radius 2 is 1.82 bits per heavy atom. The number of carbonyl (C=O) groups is 1. The highest BCUT2D eigenvalue weighted by Crippen LogP contribution is 2.34. The van der Waals surface area contributed by atoms with E-state index in [4.69, 9.17) is 9.84 Å². The number of hydrogen-bond donors (Lipinski definition) is 1. The molecular weight excluding hydrogens is 216 g/mol. The highest BCUT2D eigenvalue weighted by Gasteiger charge is 2.25. The van der Waals surface area contributed by atoms with Crippen molar-refractivity contribution in [3.63, 3.8) is 0 Å². The predicted molar refractivity (Wildman–Crippen MR) is 69.7 cm³/mol. The number of rotatable bonds is 8. The van der Waals surface area contributed by atoms with Crippen LogP contribution < -0.4 is 0 Å². The standard InChI is InChI=1S/C14H26O3/c1-5-14(6-2,7-9-15)8-10-17-13(16)11-12(3)4/h11,15H,5-10H2,1-4H3. The molecule has 0 aliphatic heterocycles. The molecule has 0 fully saturated rings. The van der Waals surface area contributed by atoms with Gasteiger partial charge in [-0.25, -0.2) is 4.79 Å². The van der Waals surface area contributed by atoms with Gasteiger partial charge in [0.25, 0.3) is 0 Å². The fourth-order valence-corrected chi connectivity index (χ4v) is 1.96. The van der Waals surface area contributed by atoms with Crippen LogP contribution in [-0.2, 0) is 9.53 Å². The Bertz CT molecular complexity index is 248. The van der Waals surface area contributed by atoms with Crippen LogP contribution >= 0.6 is 0 Å². The molecule has 0 radical (unpaired) electrons. The molecule has 0 unspecified atom stereocenters. The fourth-order valence-electron chi connectivity index (χ4n) is 1.96. The maximum atomic E-state index is 11.3. The Morgan fingerprint density at radius 3 is 2.24 bits per heavy atom. The summed E-state index contributed by atoms with van der Waals surface area (Å²) in [6, 6.07) is 0. The van der Waals surface area contributed by atoms with E-state index >= 15 is 0 Å². The number of ether oxygens (including phenoxy) is 1. The van der Waals surface area contributed by atoms with Gasteiger partial charge in [-0.2, -0.15) is 0 Å². The molecule has 0 rings (SSSR count).